The molecule has 0 radical (unpaired) electrons. The van der Waals surface area contributed by atoms with Crippen LogP contribution < -0.4 is 5.32 Å². The first-order valence-corrected chi connectivity index (χ1v) is 15.0. The molecule has 0 fully saturated rings. The predicted octanol–water partition coefficient (Wildman–Crippen LogP) is 7.65. The number of benzene rings is 2. The maximum Gasteiger partial charge on any atom is 0.193 e. The number of nitrogens with zero attached hydrogens (tertiary/aromatic N) is 2. The topological polar surface area (TPSA) is 62.8 Å². The molecule has 0 saturated heterocycles. The second-order valence-electron chi connectivity index (χ2n) is 9.93. The van der Waals surface area contributed by atoms with E-state index >= 15 is 0 Å². The van der Waals surface area contributed by atoms with Gasteiger partial charge in [0.2, 0.25) is 0 Å². The summed E-state index contributed by atoms with van der Waals surface area (Å²) >= 11 is 11.6. The maximum absolute atomic E-state index is 13.6. The summed E-state index contributed by atoms with van der Waals surface area (Å²) in [7, 11) is -2.14. The van der Waals surface area contributed by atoms with Gasteiger partial charge in [0.15, 0.2) is 14.0 Å². The lowest BCUT2D eigenvalue weighted by molar-refractivity contribution is 0.214. The van der Waals surface area contributed by atoms with Gasteiger partial charge in [-0.1, -0.05) is 74.9 Å². The van der Waals surface area contributed by atoms with Crippen LogP contribution in [0.15, 0.2) is 60.8 Å². The fourth-order valence-corrected chi connectivity index (χ4v) is 5.05. The minimum atomic E-state index is -2.14. The van der Waals surface area contributed by atoms with Gasteiger partial charge in [0.1, 0.15) is 22.7 Å². The zero-order valence-corrected chi connectivity index (χ0v) is 22.9. The molecular weight excluding hydrogens is 499 g/mol. The van der Waals surface area contributed by atoms with Crippen LogP contribution in [0.5, 0.6) is 0 Å². The van der Waals surface area contributed by atoms with E-state index in [0.717, 1.165) is 11.1 Å². The highest BCUT2D eigenvalue weighted by Crippen LogP contribution is 2.41. The van der Waals surface area contributed by atoms with Crippen LogP contribution in [-0.4, -0.2) is 28.3 Å². The van der Waals surface area contributed by atoms with Crippen LogP contribution in [0.1, 0.15) is 43.8 Å². The monoisotopic (exact) mass is 526 g/mol. The van der Waals surface area contributed by atoms with Crippen molar-refractivity contribution in [3.63, 3.8) is 0 Å². The lowest BCUT2D eigenvalue weighted by Crippen LogP contribution is -2.42. The van der Waals surface area contributed by atoms with Gasteiger partial charge < -0.3 is 14.7 Å². The zero-order valence-electron chi connectivity index (χ0n) is 20.3. The van der Waals surface area contributed by atoms with Crippen molar-refractivity contribution in [2.24, 2.45) is 0 Å². The van der Waals surface area contributed by atoms with Gasteiger partial charge in [-0.05, 0) is 48.0 Å². The third-order valence-corrected chi connectivity index (χ3v) is 11.5. The summed E-state index contributed by atoms with van der Waals surface area (Å²) < 4.78 is 20.4. The molecule has 1 unspecified atom stereocenters. The van der Waals surface area contributed by atoms with Gasteiger partial charge in [-0.25, -0.2) is 14.4 Å². The first-order valence-electron chi connectivity index (χ1n) is 11.3. The predicted molar refractivity (Wildman–Crippen MR) is 147 cm³/mol. The number of aromatic amines is 1. The molecule has 0 spiro atoms. The van der Waals surface area contributed by atoms with E-state index in [0.29, 0.717) is 27.7 Å². The van der Waals surface area contributed by atoms with E-state index in [1.165, 1.54) is 12.1 Å². The molecule has 0 saturated carbocycles. The number of pyridine rings is 1. The number of aromatic nitrogens is 3. The second-order valence-corrected chi connectivity index (χ2v) is 15.5. The Morgan fingerprint density at radius 3 is 2.51 bits per heavy atom. The van der Waals surface area contributed by atoms with Gasteiger partial charge >= 0.3 is 0 Å². The Hall–Kier alpha value is -2.65. The van der Waals surface area contributed by atoms with Crippen LogP contribution in [0.4, 0.5) is 10.1 Å². The summed E-state index contributed by atoms with van der Waals surface area (Å²) in [5, 5.41) is 3.18. The minimum Gasteiger partial charge on any atom is -0.403 e. The number of H-pyrrole nitrogens is 1. The molecular formula is C26H28ClFN4OSSi. The lowest BCUT2D eigenvalue weighted by Gasteiger charge is -2.38. The van der Waals surface area contributed by atoms with E-state index in [-0.39, 0.29) is 16.2 Å². The Morgan fingerprint density at radius 2 is 1.86 bits per heavy atom. The number of imidazole rings is 1. The molecule has 0 aliphatic heterocycles. The van der Waals surface area contributed by atoms with E-state index in [1.807, 2.05) is 36.4 Å². The molecule has 0 bridgehead atoms. The standard InChI is InChI=1S/C26H28ClFN4OSSi/c1-26(2,3)35(4,5)33-22(16-9-7-6-8-10-16)24-31-21-18(13-14-29-23(21)32-24)25(34)30-17-11-12-20(28)19(27)15-17/h6-15,22H,1-5H3,(H,30,34)(H,29,31,32). The number of anilines is 1. The van der Waals surface area contributed by atoms with E-state index < -0.39 is 14.1 Å². The van der Waals surface area contributed by atoms with E-state index in [4.69, 9.17) is 33.2 Å². The molecule has 4 rings (SSSR count). The first kappa shape index (κ1) is 25.4. The summed E-state index contributed by atoms with van der Waals surface area (Å²) in [4.78, 5) is 13.1. The molecule has 4 aromatic rings. The first-order chi connectivity index (χ1) is 16.5. The summed E-state index contributed by atoms with van der Waals surface area (Å²) in [5.41, 5.74) is 3.57. The Bertz CT molecular complexity index is 1370. The highest BCUT2D eigenvalue weighted by Gasteiger charge is 2.40. The van der Waals surface area contributed by atoms with Crippen LogP contribution in [0.3, 0.4) is 0 Å². The van der Waals surface area contributed by atoms with Gasteiger partial charge in [-0.15, -0.1) is 0 Å². The van der Waals surface area contributed by atoms with Crippen molar-refractivity contribution in [3.8, 4) is 0 Å². The minimum absolute atomic E-state index is 0.0231. The Labute approximate surface area is 216 Å². The van der Waals surface area contributed by atoms with Gasteiger partial charge in [0, 0.05) is 17.4 Å². The molecule has 0 aliphatic rings. The van der Waals surface area contributed by atoms with Crippen LogP contribution in [0, 0.1) is 5.82 Å². The normalized spacial score (nSPS) is 13.1. The number of halogens is 2. The number of fused-ring (bicyclic) bond motifs is 1. The van der Waals surface area contributed by atoms with E-state index in [9.17, 15) is 4.39 Å². The molecule has 0 amide bonds. The van der Waals surface area contributed by atoms with Crippen molar-refractivity contribution in [2.75, 3.05) is 5.32 Å². The van der Waals surface area contributed by atoms with Crippen LogP contribution in [0.2, 0.25) is 23.2 Å². The summed E-state index contributed by atoms with van der Waals surface area (Å²) in [6.45, 7) is 11.1. The van der Waals surface area contributed by atoms with Crippen molar-refractivity contribution in [3.05, 3.63) is 88.6 Å². The number of rotatable bonds is 6. The molecule has 2 heterocycles. The van der Waals surface area contributed by atoms with Crippen molar-refractivity contribution in [1.82, 2.24) is 15.0 Å². The summed E-state index contributed by atoms with van der Waals surface area (Å²) in [6.07, 6.45) is 1.29. The third kappa shape index (κ3) is 5.46. The fourth-order valence-electron chi connectivity index (χ4n) is 3.40. The SMILES string of the molecule is CC(C)(C)[Si](C)(C)OC(c1ccccc1)c1nc2nccc(C(=S)Nc3ccc(F)c(Cl)c3)c2[nH]1. The van der Waals surface area contributed by atoms with Gasteiger partial charge in [-0.3, -0.25) is 0 Å². The lowest BCUT2D eigenvalue weighted by atomic mass is 10.1. The van der Waals surface area contributed by atoms with Gasteiger partial charge in [0.05, 0.1) is 10.5 Å². The molecule has 5 nitrogen and oxygen atoms in total. The van der Waals surface area contributed by atoms with Crippen molar-refractivity contribution in [1.29, 1.82) is 0 Å². The second kappa shape index (κ2) is 9.77. The van der Waals surface area contributed by atoms with Gasteiger partial charge in [-0.2, -0.15) is 0 Å². The molecule has 2 aromatic heterocycles. The molecule has 35 heavy (non-hydrogen) atoms. The maximum atomic E-state index is 13.6. The quantitative estimate of drug-likeness (QED) is 0.199. The number of hydrogen-bond donors (Lipinski definition) is 2. The number of thiocarbonyl (C=S) groups is 1. The largest absolute Gasteiger partial charge is 0.403 e. The third-order valence-electron chi connectivity index (χ3n) is 6.40. The highest BCUT2D eigenvalue weighted by molar-refractivity contribution is 7.81. The average Bonchev–Trinajstić information content (AvgIpc) is 3.24. The zero-order chi connectivity index (χ0) is 25.4. The molecule has 9 heteroatoms. The number of nitrogens with one attached hydrogen (secondary N) is 2. The van der Waals surface area contributed by atoms with Gasteiger partial charge in [0.25, 0.3) is 0 Å². The molecule has 182 valence electrons. The van der Waals surface area contributed by atoms with E-state index in [2.05, 4.69) is 49.1 Å². The van der Waals surface area contributed by atoms with Crippen molar-refractivity contribution < 1.29 is 8.82 Å². The highest BCUT2D eigenvalue weighted by atomic mass is 35.5. The van der Waals surface area contributed by atoms with Crippen LogP contribution in [0.25, 0.3) is 11.2 Å². The number of hydrogen-bond acceptors (Lipinski definition) is 4. The van der Waals surface area contributed by atoms with Crippen LogP contribution >= 0.6 is 23.8 Å². The summed E-state index contributed by atoms with van der Waals surface area (Å²) in [6, 6.07) is 16.3. The fraction of sp³-hybridized carbons (Fsp3) is 0.269. The summed E-state index contributed by atoms with van der Waals surface area (Å²) in [5.74, 6) is 0.185. The van der Waals surface area contributed by atoms with Crippen molar-refractivity contribution >= 4 is 54.0 Å². The smallest absolute Gasteiger partial charge is 0.193 e. The molecule has 0 aliphatic carbocycles. The van der Waals surface area contributed by atoms with Crippen LogP contribution in [-0.2, 0) is 4.43 Å². The Kier molecular flexibility index (Phi) is 7.10. The Balaban J connectivity index is 1.73. The Morgan fingerprint density at radius 1 is 1.14 bits per heavy atom. The molecule has 2 aromatic carbocycles. The van der Waals surface area contributed by atoms with E-state index in [1.54, 1.807) is 12.3 Å². The average molecular weight is 527 g/mol. The molecule has 1 atom stereocenters. The molecule has 2 N–H and O–H groups in total. The van der Waals surface area contributed by atoms with Crippen molar-refractivity contribution in [2.45, 2.75) is 45.0 Å².